The minimum Gasteiger partial charge on any atom is -0.872 e. The number of rotatable bonds is 0. The molecule has 2 aromatic carbocycles. The molecule has 0 amide bonds. The second-order valence-electron chi connectivity index (χ2n) is 3.14. The molecule has 2 heteroatoms. The van der Waals surface area contributed by atoms with Crippen LogP contribution in [-0.2, 0) is 0 Å². The van der Waals surface area contributed by atoms with Crippen LogP contribution in [0.15, 0.2) is 54.6 Å². The zero-order valence-electron chi connectivity index (χ0n) is 9.10. The van der Waals surface area contributed by atoms with Crippen molar-refractivity contribution in [3.8, 4) is 17.6 Å². The maximum Gasteiger partial charge on any atom is 1.00 e. The van der Waals surface area contributed by atoms with Crippen LogP contribution in [-0.4, -0.2) is 0 Å². The molecule has 0 fully saturated rings. The first kappa shape index (κ1) is 13.5. The Morgan fingerprint density at radius 3 is 1.75 bits per heavy atom. The number of hydrogen-bond acceptors (Lipinski definition) is 1. The third-order valence-corrected chi connectivity index (χ3v) is 1.98. The Bertz CT molecular complexity index is 492. The van der Waals surface area contributed by atoms with E-state index in [1.54, 1.807) is 12.1 Å². The smallest absolute Gasteiger partial charge is 0.872 e. The fourth-order valence-corrected chi connectivity index (χ4v) is 1.20. The Morgan fingerprint density at radius 1 is 0.688 bits per heavy atom. The van der Waals surface area contributed by atoms with Crippen LogP contribution in [0.25, 0.3) is 0 Å². The third kappa shape index (κ3) is 4.13. The van der Waals surface area contributed by atoms with E-state index in [0.717, 1.165) is 11.1 Å². The average Bonchev–Trinajstić information content (AvgIpc) is 2.30. The summed E-state index contributed by atoms with van der Waals surface area (Å²) in [5, 5.41) is 10.8. The molecule has 0 atom stereocenters. The minimum absolute atomic E-state index is 0. The largest absolute Gasteiger partial charge is 1.00 e. The van der Waals surface area contributed by atoms with Crippen LogP contribution in [0.3, 0.4) is 0 Å². The molecule has 0 aliphatic carbocycles. The summed E-state index contributed by atoms with van der Waals surface area (Å²) in [6.07, 6.45) is 0. The molecular weight excluding hydrogens is 223 g/mol. The van der Waals surface area contributed by atoms with Crippen molar-refractivity contribution in [2.75, 3.05) is 0 Å². The van der Waals surface area contributed by atoms with Gasteiger partial charge in [-0.25, -0.2) is 0 Å². The second-order valence-corrected chi connectivity index (χ2v) is 3.14. The summed E-state index contributed by atoms with van der Waals surface area (Å²) in [6.45, 7) is 0. The quantitative estimate of drug-likeness (QED) is 0.429. The summed E-state index contributed by atoms with van der Waals surface area (Å²) >= 11 is 0. The second kappa shape index (κ2) is 6.90. The molecule has 0 heterocycles. The normalized spacial score (nSPS) is 8.50. The Kier molecular flexibility index (Phi) is 5.82. The number of benzene rings is 2. The van der Waals surface area contributed by atoms with E-state index in [-0.39, 0.29) is 57.1 Å². The van der Waals surface area contributed by atoms with Crippen LogP contribution >= 0.6 is 0 Å². The zero-order chi connectivity index (χ0) is 10.5. The first-order valence-electron chi connectivity index (χ1n) is 4.69. The van der Waals surface area contributed by atoms with Crippen LogP contribution in [0.4, 0.5) is 0 Å². The molecule has 1 nitrogen and oxygen atoms in total. The molecule has 16 heavy (non-hydrogen) atoms. The van der Waals surface area contributed by atoms with E-state index in [1.165, 1.54) is 12.1 Å². The van der Waals surface area contributed by atoms with Gasteiger partial charge in [-0.05, 0) is 24.3 Å². The summed E-state index contributed by atoms with van der Waals surface area (Å²) in [5.74, 6) is 6.04. The standard InChI is InChI=1S/C14H10O.K/c15-14-10-8-13(9-11-14)7-6-12-4-2-1-3-5-12;/h1-5,8-11,15H;/q;+1/p-1. The first-order chi connectivity index (χ1) is 7.34. The summed E-state index contributed by atoms with van der Waals surface area (Å²) in [6, 6.07) is 16.3. The van der Waals surface area contributed by atoms with Gasteiger partial charge >= 0.3 is 51.4 Å². The molecule has 0 saturated carbocycles. The molecule has 2 rings (SSSR count). The van der Waals surface area contributed by atoms with Crippen LogP contribution in [0.5, 0.6) is 5.75 Å². The minimum atomic E-state index is 0. The Morgan fingerprint density at radius 2 is 1.19 bits per heavy atom. The van der Waals surface area contributed by atoms with Gasteiger partial charge in [0.1, 0.15) is 0 Å². The van der Waals surface area contributed by atoms with Crippen molar-refractivity contribution in [1.82, 2.24) is 0 Å². The Hall–Kier alpha value is -0.564. The molecule has 0 bridgehead atoms. The monoisotopic (exact) mass is 232 g/mol. The van der Waals surface area contributed by atoms with Crippen molar-refractivity contribution in [2.45, 2.75) is 0 Å². The molecule has 0 N–H and O–H groups in total. The summed E-state index contributed by atoms with van der Waals surface area (Å²) in [7, 11) is 0. The van der Waals surface area contributed by atoms with Crippen molar-refractivity contribution >= 4 is 0 Å². The van der Waals surface area contributed by atoms with Gasteiger partial charge in [-0.2, -0.15) is 0 Å². The molecule has 0 aliphatic heterocycles. The maximum absolute atomic E-state index is 10.8. The predicted molar refractivity (Wildman–Crippen MR) is 58.3 cm³/mol. The number of hydrogen-bond donors (Lipinski definition) is 0. The fraction of sp³-hybridized carbons (Fsp3) is 0. The van der Waals surface area contributed by atoms with E-state index in [9.17, 15) is 5.11 Å². The summed E-state index contributed by atoms with van der Waals surface area (Å²) in [5.41, 5.74) is 1.84. The van der Waals surface area contributed by atoms with E-state index < -0.39 is 0 Å². The van der Waals surface area contributed by atoms with Crippen LogP contribution in [0.2, 0.25) is 0 Å². The van der Waals surface area contributed by atoms with E-state index in [2.05, 4.69) is 11.8 Å². The van der Waals surface area contributed by atoms with Gasteiger partial charge in [0.15, 0.2) is 0 Å². The van der Waals surface area contributed by atoms with Crippen molar-refractivity contribution in [1.29, 1.82) is 0 Å². The first-order valence-corrected chi connectivity index (χ1v) is 4.69. The van der Waals surface area contributed by atoms with Crippen molar-refractivity contribution in [2.24, 2.45) is 0 Å². The van der Waals surface area contributed by atoms with Gasteiger partial charge in [0.2, 0.25) is 0 Å². The molecule has 0 spiro atoms. The van der Waals surface area contributed by atoms with E-state index in [4.69, 9.17) is 0 Å². The van der Waals surface area contributed by atoms with Gasteiger partial charge in [-0.3, -0.25) is 0 Å². The molecule has 72 valence electrons. The van der Waals surface area contributed by atoms with E-state index in [1.807, 2.05) is 30.3 Å². The van der Waals surface area contributed by atoms with Gasteiger partial charge in [0, 0.05) is 11.1 Å². The maximum atomic E-state index is 10.8. The molecule has 0 unspecified atom stereocenters. The van der Waals surface area contributed by atoms with Gasteiger partial charge in [0.05, 0.1) is 0 Å². The topological polar surface area (TPSA) is 23.1 Å². The molecule has 2 aromatic rings. The van der Waals surface area contributed by atoms with Gasteiger partial charge in [-0.1, -0.05) is 42.2 Å². The summed E-state index contributed by atoms with van der Waals surface area (Å²) < 4.78 is 0. The fourth-order valence-electron chi connectivity index (χ4n) is 1.20. The van der Waals surface area contributed by atoms with Crippen molar-refractivity contribution in [3.63, 3.8) is 0 Å². The van der Waals surface area contributed by atoms with E-state index in [0.29, 0.717) is 0 Å². The van der Waals surface area contributed by atoms with Crippen LogP contribution in [0, 0.1) is 11.8 Å². The molecule has 0 saturated heterocycles. The van der Waals surface area contributed by atoms with Crippen molar-refractivity contribution in [3.05, 3.63) is 65.7 Å². The molecule has 0 aromatic heterocycles. The molecule has 0 radical (unpaired) electrons. The Balaban J connectivity index is 0.00000128. The summed E-state index contributed by atoms with van der Waals surface area (Å²) in [4.78, 5) is 0. The van der Waals surface area contributed by atoms with E-state index >= 15 is 0 Å². The third-order valence-electron chi connectivity index (χ3n) is 1.98. The Labute approximate surface area is 138 Å². The zero-order valence-corrected chi connectivity index (χ0v) is 12.2. The van der Waals surface area contributed by atoms with Gasteiger partial charge in [0.25, 0.3) is 0 Å². The predicted octanol–water partition coefficient (Wildman–Crippen LogP) is -0.836. The van der Waals surface area contributed by atoms with Gasteiger partial charge in [-0.15, -0.1) is 5.75 Å². The average molecular weight is 232 g/mol. The molecule has 0 aliphatic rings. The molecular formula is C14H9KO. The van der Waals surface area contributed by atoms with Gasteiger partial charge < -0.3 is 5.11 Å². The van der Waals surface area contributed by atoms with Crippen molar-refractivity contribution < 1.29 is 56.5 Å². The van der Waals surface area contributed by atoms with Crippen LogP contribution < -0.4 is 56.5 Å². The SMILES string of the molecule is [K+].[O-]c1ccc(C#Cc2ccccc2)cc1. The van der Waals surface area contributed by atoms with Crippen LogP contribution in [0.1, 0.15) is 11.1 Å².